The van der Waals surface area contributed by atoms with E-state index in [0.29, 0.717) is 24.4 Å². The molecule has 0 bridgehead atoms. The Labute approximate surface area is 212 Å². The highest BCUT2D eigenvalue weighted by Gasteiger charge is 2.27. The van der Waals surface area contributed by atoms with Gasteiger partial charge in [-0.05, 0) is 36.8 Å². The molecule has 1 aliphatic heterocycles. The summed E-state index contributed by atoms with van der Waals surface area (Å²) in [6, 6.07) is 20.0. The number of carbonyl (C=O) groups is 1. The number of fused-ring (bicyclic) bond motifs is 1. The third kappa shape index (κ3) is 4.41. The Morgan fingerprint density at radius 2 is 1.64 bits per heavy atom. The fourth-order valence-electron chi connectivity index (χ4n) is 4.73. The lowest BCUT2D eigenvalue weighted by Gasteiger charge is -2.36. The zero-order valence-electron chi connectivity index (χ0n) is 21.7. The molecule has 7 nitrogen and oxygen atoms in total. The molecule has 2 aromatic carbocycles. The number of hydrogen-bond donors (Lipinski definition) is 0. The van der Waals surface area contributed by atoms with Crippen LogP contribution in [0, 0.1) is 6.92 Å². The van der Waals surface area contributed by atoms with Gasteiger partial charge in [0.2, 0.25) is 0 Å². The summed E-state index contributed by atoms with van der Waals surface area (Å²) in [4.78, 5) is 22.7. The summed E-state index contributed by atoms with van der Waals surface area (Å²) in [5, 5.41) is 4.87. The first-order chi connectivity index (χ1) is 17.3. The minimum Gasteiger partial charge on any atom is -0.496 e. The maximum atomic E-state index is 13.7. The molecule has 0 saturated carbocycles. The Balaban J connectivity index is 1.50. The van der Waals surface area contributed by atoms with Gasteiger partial charge in [-0.3, -0.25) is 4.79 Å². The molecule has 1 aliphatic rings. The number of rotatable bonds is 4. The molecule has 5 rings (SSSR count). The van der Waals surface area contributed by atoms with Crippen LogP contribution in [-0.4, -0.2) is 58.7 Å². The van der Waals surface area contributed by atoms with Gasteiger partial charge in [-0.2, -0.15) is 5.10 Å². The van der Waals surface area contributed by atoms with Crippen molar-refractivity contribution in [3.63, 3.8) is 0 Å². The average molecular weight is 484 g/mol. The van der Waals surface area contributed by atoms with Crippen molar-refractivity contribution in [3.05, 3.63) is 77.6 Å². The number of carbonyl (C=O) groups excluding carboxylic acids is 1. The molecule has 2 aromatic heterocycles. The summed E-state index contributed by atoms with van der Waals surface area (Å²) in [7, 11) is 1.65. The number of para-hydroxylation sites is 2. The Morgan fingerprint density at radius 3 is 2.33 bits per heavy atom. The molecule has 0 atom stereocenters. The number of aromatic nitrogens is 3. The van der Waals surface area contributed by atoms with Crippen LogP contribution >= 0.6 is 0 Å². The van der Waals surface area contributed by atoms with Crippen molar-refractivity contribution in [2.24, 2.45) is 0 Å². The van der Waals surface area contributed by atoms with Gasteiger partial charge in [0.25, 0.3) is 5.91 Å². The number of piperazine rings is 1. The molecular weight excluding hydrogens is 450 g/mol. The van der Waals surface area contributed by atoms with Crippen LogP contribution < -0.4 is 9.64 Å². The van der Waals surface area contributed by atoms with Gasteiger partial charge in [-0.25, -0.2) is 9.50 Å². The van der Waals surface area contributed by atoms with E-state index in [0.717, 1.165) is 35.8 Å². The zero-order chi connectivity index (χ0) is 25.4. The van der Waals surface area contributed by atoms with E-state index in [1.165, 1.54) is 11.3 Å². The summed E-state index contributed by atoms with van der Waals surface area (Å²) in [5.74, 6) is 0.666. The summed E-state index contributed by atoms with van der Waals surface area (Å²) in [5.41, 5.74) is 5.99. The topological polar surface area (TPSA) is 63.0 Å². The van der Waals surface area contributed by atoms with E-state index in [9.17, 15) is 4.79 Å². The van der Waals surface area contributed by atoms with Crippen molar-refractivity contribution in [2.45, 2.75) is 33.1 Å². The molecule has 0 spiro atoms. The number of methoxy groups -OCH3 is 1. The minimum absolute atomic E-state index is 0.0587. The summed E-state index contributed by atoms with van der Waals surface area (Å²) in [6.45, 7) is 11.4. The number of hydrogen-bond acceptors (Lipinski definition) is 5. The lowest BCUT2D eigenvalue weighted by molar-refractivity contribution is 0.0741. The predicted molar refractivity (Wildman–Crippen MR) is 143 cm³/mol. The highest BCUT2D eigenvalue weighted by Crippen LogP contribution is 2.32. The van der Waals surface area contributed by atoms with Gasteiger partial charge in [0.1, 0.15) is 11.4 Å². The number of anilines is 1. The van der Waals surface area contributed by atoms with Crippen LogP contribution in [0.15, 0.2) is 60.7 Å². The number of benzene rings is 2. The minimum atomic E-state index is -0.151. The maximum absolute atomic E-state index is 13.7. The highest BCUT2D eigenvalue weighted by molar-refractivity contribution is 5.94. The summed E-state index contributed by atoms with van der Waals surface area (Å²) >= 11 is 0. The van der Waals surface area contributed by atoms with E-state index in [4.69, 9.17) is 14.8 Å². The number of nitrogens with zero attached hydrogens (tertiary/aromatic N) is 5. The summed E-state index contributed by atoms with van der Waals surface area (Å²) in [6.07, 6.45) is 0. The van der Waals surface area contributed by atoms with Gasteiger partial charge >= 0.3 is 0 Å². The van der Waals surface area contributed by atoms with Crippen LogP contribution in [0.25, 0.3) is 16.9 Å². The Morgan fingerprint density at radius 1 is 0.944 bits per heavy atom. The second-order valence-electron chi connectivity index (χ2n) is 10.3. The molecule has 0 N–H and O–H groups in total. The Kier molecular flexibility index (Phi) is 6.16. The lowest BCUT2D eigenvalue weighted by Crippen LogP contribution is -2.49. The van der Waals surface area contributed by atoms with E-state index in [2.05, 4.69) is 56.9 Å². The van der Waals surface area contributed by atoms with Crippen LogP contribution in [0.1, 0.15) is 42.5 Å². The molecule has 1 saturated heterocycles. The van der Waals surface area contributed by atoms with Crippen molar-refractivity contribution in [1.29, 1.82) is 0 Å². The zero-order valence-corrected chi connectivity index (χ0v) is 21.7. The average Bonchev–Trinajstić information content (AvgIpc) is 3.33. The Bertz CT molecular complexity index is 1410. The maximum Gasteiger partial charge on any atom is 0.272 e. The van der Waals surface area contributed by atoms with Gasteiger partial charge in [0.15, 0.2) is 5.65 Å². The predicted octanol–water partition coefficient (Wildman–Crippen LogP) is 4.97. The van der Waals surface area contributed by atoms with Crippen molar-refractivity contribution < 1.29 is 9.53 Å². The third-order valence-electron chi connectivity index (χ3n) is 6.82. The quantitative estimate of drug-likeness (QED) is 0.410. The molecule has 0 radical (unpaired) electrons. The van der Waals surface area contributed by atoms with Crippen LogP contribution in [-0.2, 0) is 5.41 Å². The first-order valence-electron chi connectivity index (χ1n) is 12.4. The first kappa shape index (κ1) is 23.9. The van der Waals surface area contributed by atoms with Crippen molar-refractivity contribution in [2.75, 3.05) is 38.2 Å². The second kappa shape index (κ2) is 9.30. The van der Waals surface area contributed by atoms with Crippen LogP contribution in [0.3, 0.4) is 0 Å². The molecule has 186 valence electrons. The van der Waals surface area contributed by atoms with Gasteiger partial charge in [-0.1, -0.05) is 51.1 Å². The van der Waals surface area contributed by atoms with Crippen LogP contribution in [0.2, 0.25) is 0 Å². The number of ether oxygens (including phenoxy) is 1. The van der Waals surface area contributed by atoms with E-state index in [1.54, 1.807) is 7.11 Å². The molecule has 0 unspecified atom stereocenters. The van der Waals surface area contributed by atoms with Crippen LogP contribution in [0.4, 0.5) is 5.69 Å². The van der Waals surface area contributed by atoms with E-state index in [-0.39, 0.29) is 11.3 Å². The van der Waals surface area contributed by atoms with Crippen molar-refractivity contribution in [3.8, 4) is 17.0 Å². The van der Waals surface area contributed by atoms with Gasteiger partial charge < -0.3 is 14.5 Å². The Hall–Kier alpha value is -3.87. The van der Waals surface area contributed by atoms with E-state index in [1.807, 2.05) is 45.8 Å². The van der Waals surface area contributed by atoms with E-state index < -0.39 is 0 Å². The van der Waals surface area contributed by atoms with Gasteiger partial charge in [0, 0.05) is 48.9 Å². The first-order valence-corrected chi connectivity index (χ1v) is 12.4. The standard InChI is InChI=1S/C29H33N5O2/c1-20-10-6-8-12-23(20)32-14-16-33(17-15-32)28(35)22-18-24(21-11-7-9-13-25(21)36-5)34-27(30-22)19-26(31-34)29(2,3)4/h6-13,18-19H,14-17H2,1-5H3. The largest absolute Gasteiger partial charge is 0.496 e. The van der Waals surface area contributed by atoms with Crippen LogP contribution in [0.5, 0.6) is 5.75 Å². The second-order valence-corrected chi connectivity index (χ2v) is 10.3. The monoisotopic (exact) mass is 483 g/mol. The molecule has 36 heavy (non-hydrogen) atoms. The van der Waals surface area contributed by atoms with E-state index >= 15 is 0 Å². The molecule has 3 heterocycles. The molecule has 0 aliphatic carbocycles. The number of aryl methyl sites for hydroxylation is 1. The molecule has 1 amide bonds. The van der Waals surface area contributed by atoms with Gasteiger partial charge in [-0.15, -0.1) is 0 Å². The smallest absolute Gasteiger partial charge is 0.272 e. The number of amides is 1. The third-order valence-corrected chi connectivity index (χ3v) is 6.82. The normalized spacial score (nSPS) is 14.4. The van der Waals surface area contributed by atoms with Crippen molar-refractivity contribution in [1.82, 2.24) is 19.5 Å². The molecule has 4 aromatic rings. The fraction of sp³-hybridized carbons (Fsp3) is 0.345. The van der Waals surface area contributed by atoms with Gasteiger partial charge in [0.05, 0.1) is 18.5 Å². The molecular formula is C29H33N5O2. The van der Waals surface area contributed by atoms with Crippen molar-refractivity contribution >= 4 is 17.2 Å². The molecule has 1 fully saturated rings. The molecule has 7 heteroatoms. The highest BCUT2D eigenvalue weighted by atomic mass is 16.5. The lowest BCUT2D eigenvalue weighted by atomic mass is 9.93. The fourth-order valence-corrected chi connectivity index (χ4v) is 4.73. The SMILES string of the molecule is COc1ccccc1-c1cc(C(=O)N2CCN(c3ccccc3C)CC2)nc2cc(C(C)(C)C)nn12. The summed E-state index contributed by atoms with van der Waals surface area (Å²) < 4.78 is 7.47.